The maximum Gasteiger partial charge on any atom is 0.180 e. The van der Waals surface area contributed by atoms with Crippen molar-refractivity contribution < 1.29 is 0 Å². The third-order valence-electron chi connectivity index (χ3n) is 3.15. The molecule has 0 aliphatic rings. The first-order chi connectivity index (χ1) is 14.9. The Balaban J connectivity index is 0.000000116. The van der Waals surface area contributed by atoms with Gasteiger partial charge in [0, 0.05) is 24.8 Å². The van der Waals surface area contributed by atoms with E-state index in [-0.39, 0.29) is 0 Å². The molecule has 6 aromatic rings. The lowest BCUT2D eigenvalue weighted by atomic mass is 10.6. The first-order valence-electron chi connectivity index (χ1n) is 8.51. The first kappa shape index (κ1) is 20.0. The maximum absolute atomic E-state index is 3.91. The summed E-state index contributed by atoms with van der Waals surface area (Å²) >= 11 is 0. The van der Waals surface area contributed by atoms with E-state index in [9.17, 15) is 0 Å². The molecule has 0 saturated carbocycles. The molecule has 0 atom stereocenters. The molecule has 0 saturated heterocycles. The summed E-state index contributed by atoms with van der Waals surface area (Å²) in [6.07, 6.45) is 19.3. The maximum atomic E-state index is 3.91. The summed E-state index contributed by atoms with van der Waals surface area (Å²) in [5, 5.41) is 0. The van der Waals surface area contributed by atoms with Crippen LogP contribution in [0.4, 0.5) is 0 Å². The molecule has 6 aromatic heterocycles. The Bertz CT molecular complexity index is 996. The Labute approximate surface area is 170 Å². The highest BCUT2D eigenvalue weighted by atomic mass is 15.0. The van der Waals surface area contributed by atoms with Crippen LogP contribution in [0.2, 0.25) is 0 Å². The molecule has 12 nitrogen and oxygen atoms in total. The fraction of sp³-hybridized carbons (Fsp3) is 0. The zero-order chi connectivity index (χ0) is 20.7. The average Bonchev–Trinajstić information content (AvgIpc) is 3.52. The van der Waals surface area contributed by atoms with Crippen LogP contribution in [0.5, 0.6) is 0 Å². The summed E-state index contributed by atoms with van der Waals surface area (Å²) in [7, 11) is 0. The SMILES string of the molecule is c1cncnc1.c1cncnc1.c1ncc2[nH]cnc2n1.c1ncc2[nH]cnc2n1. The van der Waals surface area contributed by atoms with E-state index in [2.05, 4.69) is 59.8 Å². The molecule has 0 bridgehead atoms. The van der Waals surface area contributed by atoms with E-state index >= 15 is 0 Å². The second-order valence-corrected chi connectivity index (χ2v) is 5.13. The highest BCUT2D eigenvalue weighted by Crippen LogP contribution is 1.99. The molecular formula is C18H16N12. The number of hydrogen-bond acceptors (Lipinski definition) is 10. The van der Waals surface area contributed by atoms with Gasteiger partial charge in [-0.05, 0) is 12.1 Å². The predicted molar refractivity (Wildman–Crippen MR) is 107 cm³/mol. The van der Waals surface area contributed by atoms with Crippen molar-refractivity contribution in [3.8, 4) is 0 Å². The van der Waals surface area contributed by atoms with Crippen molar-refractivity contribution in [1.82, 2.24) is 59.8 Å². The molecule has 0 aromatic carbocycles. The number of hydrogen-bond donors (Lipinski definition) is 2. The molecule has 0 aliphatic heterocycles. The third-order valence-corrected chi connectivity index (χ3v) is 3.15. The van der Waals surface area contributed by atoms with Crippen LogP contribution in [0.25, 0.3) is 22.3 Å². The number of nitrogens with zero attached hydrogens (tertiary/aromatic N) is 10. The van der Waals surface area contributed by atoms with Crippen molar-refractivity contribution in [3.63, 3.8) is 0 Å². The number of imidazole rings is 2. The van der Waals surface area contributed by atoms with Gasteiger partial charge in [0.2, 0.25) is 0 Å². The van der Waals surface area contributed by atoms with E-state index < -0.39 is 0 Å². The smallest absolute Gasteiger partial charge is 0.180 e. The minimum Gasteiger partial charge on any atom is -0.342 e. The highest BCUT2D eigenvalue weighted by molar-refractivity contribution is 5.67. The number of H-pyrrole nitrogens is 2. The standard InChI is InChI=1S/2C5H4N4.2C4H4N2/c2*1-4-5(8-2-6-1)9-3-7-4;2*1-2-5-4-6-3-1/h2*1-3H,(H,6,7,8,9);2*1-4H. The molecule has 0 unspecified atom stereocenters. The van der Waals surface area contributed by atoms with Gasteiger partial charge in [-0.1, -0.05) is 0 Å². The zero-order valence-corrected chi connectivity index (χ0v) is 15.6. The van der Waals surface area contributed by atoms with Crippen molar-refractivity contribution in [3.05, 3.63) is 87.3 Å². The van der Waals surface area contributed by atoms with E-state index in [0.29, 0.717) is 11.3 Å². The van der Waals surface area contributed by atoms with Gasteiger partial charge in [-0.2, -0.15) is 0 Å². The van der Waals surface area contributed by atoms with Crippen LogP contribution in [0.3, 0.4) is 0 Å². The first-order valence-corrected chi connectivity index (χ1v) is 8.51. The number of nitrogens with one attached hydrogen (secondary N) is 2. The van der Waals surface area contributed by atoms with Crippen LogP contribution in [-0.4, -0.2) is 59.8 Å². The van der Waals surface area contributed by atoms with Crippen LogP contribution in [-0.2, 0) is 0 Å². The van der Waals surface area contributed by atoms with E-state index in [1.54, 1.807) is 62.0 Å². The van der Waals surface area contributed by atoms with Gasteiger partial charge < -0.3 is 9.97 Å². The van der Waals surface area contributed by atoms with Crippen molar-refractivity contribution in [2.24, 2.45) is 0 Å². The van der Waals surface area contributed by atoms with Gasteiger partial charge in [0.05, 0.1) is 25.0 Å². The number of rotatable bonds is 0. The molecule has 0 amide bonds. The number of aromatic amines is 2. The molecular weight excluding hydrogens is 384 g/mol. The molecule has 30 heavy (non-hydrogen) atoms. The molecule has 6 rings (SSSR count). The molecule has 6 heterocycles. The van der Waals surface area contributed by atoms with Gasteiger partial charge in [0.25, 0.3) is 0 Å². The lowest BCUT2D eigenvalue weighted by Gasteiger charge is -1.80. The van der Waals surface area contributed by atoms with Crippen LogP contribution in [0.15, 0.2) is 87.3 Å². The largest absolute Gasteiger partial charge is 0.342 e. The second kappa shape index (κ2) is 11.9. The summed E-state index contributed by atoms with van der Waals surface area (Å²) in [6, 6.07) is 3.56. The third kappa shape index (κ3) is 6.77. The lowest BCUT2D eigenvalue weighted by molar-refractivity contribution is 1.17. The predicted octanol–water partition coefficient (Wildman–Crippen LogP) is 1.66. The topological polar surface area (TPSA) is 160 Å². The van der Waals surface area contributed by atoms with Crippen molar-refractivity contribution in [2.75, 3.05) is 0 Å². The second-order valence-electron chi connectivity index (χ2n) is 5.13. The summed E-state index contributed by atoms with van der Waals surface area (Å²) in [5.41, 5.74) is 3.17. The number of aromatic nitrogens is 12. The molecule has 0 aliphatic carbocycles. The van der Waals surface area contributed by atoms with E-state index in [0.717, 1.165) is 11.0 Å². The van der Waals surface area contributed by atoms with E-state index in [1.807, 2.05) is 0 Å². The van der Waals surface area contributed by atoms with Gasteiger partial charge in [-0.15, -0.1) is 0 Å². The zero-order valence-electron chi connectivity index (χ0n) is 15.6. The molecule has 12 heteroatoms. The van der Waals surface area contributed by atoms with Gasteiger partial charge in [-0.25, -0.2) is 49.8 Å². The van der Waals surface area contributed by atoms with Gasteiger partial charge in [0.1, 0.15) is 36.3 Å². The van der Waals surface area contributed by atoms with E-state index in [4.69, 9.17) is 0 Å². The summed E-state index contributed by atoms with van der Waals surface area (Å²) in [4.78, 5) is 43.7. The van der Waals surface area contributed by atoms with Crippen molar-refractivity contribution in [1.29, 1.82) is 0 Å². The highest BCUT2D eigenvalue weighted by Gasteiger charge is 1.91. The van der Waals surface area contributed by atoms with Crippen molar-refractivity contribution in [2.45, 2.75) is 0 Å². The van der Waals surface area contributed by atoms with Crippen LogP contribution in [0, 0.1) is 0 Å². The monoisotopic (exact) mass is 400 g/mol. The molecule has 148 valence electrons. The van der Waals surface area contributed by atoms with E-state index in [1.165, 1.54) is 25.3 Å². The molecule has 0 fully saturated rings. The molecule has 0 radical (unpaired) electrons. The fourth-order valence-corrected chi connectivity index (χ4v) is 1.89. The van der Waals surface area contributed by atoms with Crippen molar-refractivity contribution >= 4 is 22.3 Å². The molecule has 0 spiro atoms. The fourth-order valence-electron chi connectivity index (χ4n) is 1.89. The Morgan fingerprint density at radius 1 is 0.467 bits per heavy atom. The Morgan fingerprint density at radius 2 is 0.900 bits per heavy atom. The minimum atomic E-state index is 0.713. The summed E-state index contributed by atoms with van der Waals surface area (Å²) in [5.74, 6) is 0. The Morgan fingerprint density at radius 3 is 1.20 bits per heavy atom. The quantitative estimate of drug-likeness (QED) is 0.383. The molecule has 2 N–H and O–H groups in total. The van der Waals surface area contributed by atoms with Crippen LogP contribution >= 0.6 is 0 Å². The summed E-state index contributed by atoms with van der Waals surface area (Å²) in [6.45, 7) is 0. The van der Waals surface area contributed by atoms with Gasteiger partial charge in [-0.3, -0.25) is 0 Å². The minimum absolute atomic E-state index is 0.713. The van der Waals surface area contributed by atoms with Crippen LogP contribution < -0.4 is 0 Å². The Kier molecular flexibility index (Phi) is 7.91. The Hall–Kier alpha value is -4.74. The van der Waals surface area contributed by atoms with Crippen LogP contribution in [0.1, 0.15) is 0 Å². The lowest BCUT2D eigenvalue weighted by Crippen LogP contribution is -1.76. The normalized spacial score (nSPS) is 9.33. The van der Waals surface area contributed by atoms with Gasteiger partial charge >= 0.3 is 0 Å². The summed E-state index contributed by atoms with van der Waals surface area (Å²) < 4.78 is 0. The van der Waals surface area contributed by atoms with Gasteiger partial charge in [0.15, 0.2) is 11.3 Å². The average molecular weight is 400 g/mol. The number of fused-ring (bicyclic) bond motifs is 2.